The van der Waals surface area contributed by atoms with Gasteiger partial charge in [-0.2, -0.15) is 67.3 Å². The van der Waals surface area contributed by atoms with Crippen molar-refractivity contribution in [1.82, 2.24) is 102 Å². The summed E-state index contributed by atoms with van der Waals surface area (Å²) in [6, 6.07) is 33.0. The minimum Gasteiger partial charge on any atom is -0.396 e. The average molecular weight is 2180 g/mol. The fourth-order valence-electron chi connectivity index (χ4n) is 17.8. The van der Waals surface area contributed by atoms with Crippen LogP contribution in [0.1, 0.15) is 61.6 Å². The fourth-order valence-corrected chi connectivity index (χ4v) is 21.9. The number of anilines is 16. The van der Waals surface area contributed by atoms with Crippen LogP contribution in [-0.4, -0.2) is 266 Å². The molecule has 758 valence electrons. The third kappa shape index (κ3) is 23.4. The van der Waals surface area contributed by atoms with Gasteiger partial charge < -0.3 is 130 Å². The second-order valence-electron chi connectivity index (χ2n) is 35.9. The molecule has 17 aromatic rings. The monoisotopic (exact) mass is 2180 g/mol. The lowest BCUT2D eigenvalue weighted by atomic mass is 10.3. The molecular formula is C91H118ClIN44O2S5. The number of carbonyl (C=O) groups is 1. The molecule has 1 aromatic carbocycles. The summed E-state index contributed by atoms with van der Waals surface area (Å²) in [4.78, 5) is 68.0. The van der Waals surface area contributed by atoms with Crippen molar-refractivity contribution < 1.29 is 9.90 Å². The van der Waals surface area contributed by atoms with Gasteiger partial charge in [0, 0.05) is 204 Å². The minimum absolute atomic E-state index is 0.123. The smallest absolute Gasteiger partial charge is 0.221 e. The Morgan fingerprint density at radius 3 is 1.11 bits per heavy atom. The molecule has 0 radical (unpaired) electrons. The number of hydrogen-bond donors (Lipinski definition) is 16. The summed E-state index contributed by atoms with van der Waals surface area (Å²) in [6.07, 6.45) is 20.9. The van der Waals surface area contributed by atoms with Crippen LogP contribution in [0.4, 0.5) is 92.8 Å². The maximum Gasteiger partial charge on any atom is 0.221 e. The number of thioether (sulfide) groups is 2. The van der Waals surface area contributed by atoms with E-state index in [0.717, 1.165) is 247 Å². The number of benzene rings is 1. The molecule has 0 spiro atoms. The maximum atomic E-state index is 11.2. The first kappa shape index (κ1) is 101. The molecule has 7 fully saturated rings. The molecular weight excluding hydrogens is 2060 g/mol. The summed E-state index contributed by atoms with van der Waals surface area (Å²) in [6.45, 7) is 15.2. The number of nitrogens with two attached hydrogens (primary N) is 14. The highest BCUT2D eigenvalue weighted by Gasteiger charge is 2.31. The molecule has 30 N–H and O–H groups in total. The van der Waals surface area contributed by atoms with Crippen LogP contribution in [0.5, 0.6) is 0 Å². The lowest BCUT2D eigenvalue weighted by Crippen LogP contribution is -2.27. The minimum atomic E-state index is -0.172. The van der Waals surface area contributed by atoms with E-state index in [2.05, 4.69) is 175 Å². The topological polar surface area (TPSA) is 651 Å². The van der Waals surface area contributed by atoms with E-state index in [1.165, 1.54) is 37.5 Å². The SMILES string of the molecule is CC(=O)Nc1cnn2c(N)cc(N3CC[C@H](N)C3)nc12.CSc1cnn2c(N)cc(N3CC[C@H](N)C3)nc12.Nc1cc(N2CC[C@H](N)C2)nc2c(Cl)cnn12.Nc1cc(N2CC[C@H](N)C2)nc2c(I)cnn12.Nc1cc(N2CC[C@H](N)C2)nc2c(N(Cc3cccs3)Cc3cccs3)cnn12.Nc1cc(N2CC[C@H](N)C2)nc2c(SCCO)cnn12.Nc1cc(N2CC[C@H](N)C2)nc2c(Sc3ccccc3)cnn12. The van der Waals surface area contributed by atoms with Crippen LogP contribution >= 0.6 is 92.2 Å². The van der Waals surface area contributed by atoms with Crippen LogP contribution < -0.4 is 125 Å². The van der Waals surface area contributed by atoms with Crippen molar-refractivity contribution in [2.24, 2.45) is 40.1 Å². The molecule has 0 unspecified atom stereocenters. The number of aliphatic hydroxyl groups excluding tert-OH is 1. The van der Waals surface area contributed by atoms with E-state index >= 15 is 0 Å². The first-order valence-electron chi connectivity index (χ1n) is 47.0. The van der Waals surface area contributed by atoms with Gasteiger partial charge in [-0.15, -0.1) is 46.2 Å². The van der Waals surface area contributed by atoms with Crippen molar-refractivity contribution in [2.75, 3.05) is 195 Å². The number of nitrogens with zero attached hydrogens (tertiary/aromatic N) is 29. The molecule has 0 saturated carbocycles. The zero-order valence-electron chi connectivity index (χ0n) is 79.4. The lowest BCUT2D eigenvalue weighted by molar-refractivity contribution is -0.114. The molecule has 16 aromatic heterocycles. The molecule has 7 atom stereocenters. The van der Waals surface area contributed by atoms with E-state index in [-0.39, 0.29) is 54.8 Å². The fraction of sp³-hybridized carbons (Fsp3) is 0.374. The Labute approximate surface area is 867 Å². The Balaban J connectivity index is 0.000000111. The summed E-state index contributed by atoms with van der Waals surface area (Å²) >= 11 is 16.5. The summed E-state index contributed by atoms with van der Waals surface area (Å²) in [5, 5.41) is 46.1. The second kappa shape index (κ2) is 45.2. The van der Waals surface area contributed by atoms with E-state index in [1.807, 2.05) is 67.2 Å². The quantitative estimate of drug-likeness (QED) is 0.0305. The molecule has 7 saturated heterocycles. The maximum absolute atomic E-state index is 11.2. The molecule has 7 aliphatic rings. The number of halogens is 2. The molecule has 46 nitrogen and oxygen atoms in total. The molecule has 53 heteroatoms. The van der Waals surface area contributed by atoms with Gasteiger partial charge >= 0.3 is 0 Å². The number of aliphatic hydroxyl groups is 1. The van der Waals surface area contributed by atoms with E-state index in [4.69, 9.17) is 107 Å². The van der Waals surface area contributed by atoms with E-state index in [0.29, 0.717) is 68.5 Å². The standard InChI is InChI=1S/C20H23N7S2.C16H18N6S.C12H17N7O.C12H18N6OS.C11H16N6S.C10H13ClN6.C10H13IN6/c21-14-5-6-25(11-14)19-9-18(22)27-20(24-19)17(10-23-27)26(12-15-3-1-7-28-15)13-16-4-2-8-29-16;17-11-6-7-21(10-11)15-8-14(18)22-16(20-15)13(9-19-22)23-12-4-2-1-3-5-12;1-7(20)16-9-5-15-19-10(14)4-11(17-12(9)19)18-3-2-8(13)6-18;13-8-1-2-17(7-8)11-5-10(14)18-12(16-11)9(6-15-18)20-4-3-19;1-18-8-5-14-17-9(13)4-10(15-11(8)17)16-3-2-7(12)6-16;2*11-7-4-14-17-8(13)3-9(15-10(7)17)16-2-1-6(12)5-16/h1-4,7-10,14H,5-6,11-13,21-22H2;1-5,8-9,11H,6-7,10,17-18H2;4-5,8H,2-3,6,13-14H2,1H3,(H,16,20);5-6,8,19H,1-4,7,13-14H2;4-5,7H,2-3,6,12-13H2,1H3;2*3-4,6H,1-2,5,12-13H2/t14-;11-;2*8-;7-;2*6-/m0000000/s1. The van der Waals surface area contributed by atoms with Gasteiger partial charge in [-0.3, -0.25) is 4.79 Å². The highest BCUT2D eigenvalue weighted by atomic mass is 127. The van der Waals surface area contributed by atoms with Crippen LogP contribution in [0.3, 0.4) is 0 Å². The van der Waals surface area contributed by atoms with Gasteiger partial charge in [-0.1, -0.05) is 53.7 Å². The van der Waals surface area contributed by atoms with Crippen molar-refractivity contribution in [3.63, 3.8) is 0 Å². The van der Waals surface area contributed by atoms with Crippen molar-refractivity contribution in [2.45, 2.75) is 127 Å². The first-order chi connectivity index (χ1) is 69.6. The summed E-state index contributed by atoms with van der Waals surface area (Å²) in [7, 11) is 0. The van der Waals surface area contributed by atoms with Gasteiger partial charge in [-0.05, 0) is 109 Å². The van der Waals surface area contributed by atoms with Crippen LogP contribution in [0.2, 0.25) is 5.02 Å². The molecule has 0 aliphatic carbocycles. The molecule has 0 bridgehead atoms. The van der Waals surface area contributed by atoms with Gasteiger partial charge in [0.2, 0.25) is 5.91 Å². The number of aromatic nitrogens is 21. The molecule has 24 rings (SSSR count). The van der Waals surface area contributed by atoms with Gasteiger partial charge in [0.25, 0.3) is 0 Å². The zero-order valence-corrected chi connectivity index (χ0v) is 86.4. The Kier molecular flexibility index (Phi) is 31.8. The van der Waals surface area contributed by atoms with Gasteiger partial charge in [0.15, 0.2) is 39.5 Å². The van der Waals surface area contributed by atoms with Crippen molar-refractivity contribution in [3.8, 4) is 0 Å². The number of thiophene rings is 2. The Morgan fingerprint density at radius 1 is 0.410 bits per heavy atom. The highest BCUT2D eigenvalue weighted by Crippen LogP contribution is 2.38. The zero-order chi connectivity index (χ0) is 101. The summed E-state index contributed by atoms with van der Waals surface area (Å²) in [5.74, 6) is 10.3. The summed E-state index contributed by atoms with van der Waals surface area (Å²) < 4.78 is 12.4. The van der Waals surface area contributed by atoms with Crippen LogP contribution in [0.25, 0.3) is 39.5 Å². The van der Waals surface area contributed by atoms with Crippen molar-refractivity contribution in [1.29, 1.82) is 0 Å². The Bertz CT molecular complexity index is 7150. The summed E-state index contributed by atoms with van der Waals surface area (Å²) in [5.41, 5.74) is 90.7. The molecule has 144 heavy (non-hydrogen) atoms. The van der Waals surface area contributed by atoms with E-state index < -0.39 is 0 Å². The largest absolute Gasteiger partial charge is 0.396 e. The van der Waals surface area contributed by atoms with Crippen LogP contribution in [0, 0.1) is 3.57 Å². The van der Waals surface area contributed by atoms with Gasteiger partial charge in [-0.25, -0.2) is 34.9 Å². The number of hydrogen-bond acceptors (Lipinski definition) is 43. The number of carbonyl (C=O) groups excluding carboxylic acids is 1. The Hall–Kier alpha value is -12.8. The lowest BCUT2D eigenvalue weighted by Gasteiger charge is -2.23. The van der Waals surface area contributed by atoms with Crippen molar-refractivity contribution in [3.05, 3.63) is 170 Å². The van der Waals surface area contributed by atoms with Crippen LogP contribution in [-0.2, 0) is 17.9 Å². The predicted octanol–water partition coefficient (Wildman–Crippen LogP) is 6.45. The van der Waals surface area contributed by atoms with E-state index in [1.54, 1.807) is 112 Å². The molecule has 7 aliphatic heterocycles. The Morgan fingerprint density at radius 2 is 0.729 bits per heavy atom. The van der Waals surface area contributed by atoms with Crippen LogP contribution in [0.15, 0.2) is 171 Å². The van der Waals surface area contributed by atoms with Gasteiger partial charge in [0.1, 0.15) is 97.8 Å². The predicted molar refractivity (Wildman–Crippen MR) is 586 cm³/mol. The molecule has 23 heterocycles. The normalized spacial score (nSPS) is 18.8. The number of amides is 1. The molecule has 1 amide bonds. The van der Waals surface area contributed by atoms with Crippen molar-refractivity contribution >= 4 is 230 Å². The number of rotatable bonds is 19. The first-order valence-corrected chi connectivity index (χ1v) is 53.3. The number of fused-ring (bicyclic) bond motifs is 7. The average Bonchev–Trinajstić information content (AvgIpc) is 1.64. The number of nitrogen functional groups attached to an aromatic ring is 7. The third-order valence-electron chi connectivity index (χ3n) is 25.1. The van der Waals surface area contributed by atoms with Gasteiger partial charge in [0.05, 0.1) is 81.3 Å². The third-order valence-corrected chi connectivity index (χ3v) is 30.6. The highest BCUT2D eigenvalue weighted by molar-refractivity contribution is 14.1. The second-order valence-corrected chi connectivity index (χ2v) is 42.6. The number of nitrogens with one attached hydrogen (secondary N) is 1. The van der Waals surface area contributed by atoms with E-state index in [9.17, 15) is 4.79 Å².